The molecule has 2 heteroatoms. The number of fused-ring (bicyclic) bond motifs is 5. The minimum absolute atomic E-state index is 0.307. The third-order valence-corrected chi connectivity index (χ3v) is 5.66. The van der Waals surface area contributed by atoms with Gasteiger partial charge in [0.2, 0.25) is 0 Å². The van der Waals surface area contributed by atoms with Crippen LogP contribution >= 0.6 is 0 Å². The first-order chi connectivity index (χ1) is 9.20. The summed E-state index contributed by atoms with van der Waals surface area (Å²) in [4.78, 5) is 12.8. The Morgan fingerprint density at radius 2 is 1.89 bits per heavy atom. The van der Waals surface area contributed by atoms with E-state index in [0.29, 0.717) is 23.5 Å². The second-order valence-electron chi connectivity index (χ2n) is 6.58. The van der Waals surface area contributed by atoms with Gasteiger partial charge in [0.25, 0.3) is 0 Å². The molecule has 0 amide bonds. The number of carbonyl (C=O) groups excluding carboxylic acids is 1. The number of Topliss-reactive ketones (excluding diaryl/α,β-unsaturated/α-hetero) is 1. The summed E-state index contributed by atoms with van der Waals surface area (Å²) in [5.41, 5.74) is 1.94. The zero-order valence-electron chi connectivity index (χ0n) is 11.6. The Morgan fingerprint density at radius 1 is 1.21 bits per heavy atom. The SMILES string of the molecule is COc1ccc(C)cc1C(=O)C1C2C3CCC(C3)C12. The van der Waals surface area contributed by atoms with Crippen LogP contribution < -0.4 is 4.74 Å². The zero-order valence-corrected chi connectivity index (χ0v) is 11.6. The van der Waals surface area contributed by atoms with E-state index in [1.54, 1.807) is 7.11 Å². The lowest BCUT2D eigenvalue weighted by atomic mass is 9.95. The van der Waals surface area contributed by atoms with Crippen molar-refractivity contribution in [1.29, 1.82) is 0 Å². The first kappa shape index (κ1) is 11.5. The van der Waals surface area contributed by atoms with Crippen molar-refractivity contribution >= 4 is 5.78 Å². The van der Waals surface area contributed by atoms with Gasteiger partial charge in [0.1, 0.15) is 5.75 Å². The van der Waals surface area contributed by atoms with Crippen LogP contribution in [0.1, 0.15) is 35.2 Å². The van der Waals surface area contributed by atoms with Crippen LogP contribution in [-0.4, -0.2) is 12.9 Å². The number of ether oxygens (including phenoxy) is 1. The van der Waals surface area contributed by atoms with Gasteiger partial charge in [-0.1, -0.05) is 11.6 Å². The standard InChI is InChI=1S/C17H20O2/c1-9-3-6-13(19-2)12(7-9)17(18)16-14-10-4-5-11(8-10)15(14)16/h3,6-7,10-11,14-16H,4-5,8H2,1-2H3. The predicted molar refractivity (Wildman–Crippen MR) is 73.4 cm³/mol. The Labute approximate surface area is 114 Å². The van der Waals surface area contributed by atoms with Crippen LogP contribution in [0.5, 0.6) is 5.75 Å². The topological polar surface area (TPSA) is 26.3 Å². The molecule has 0 N–H and O–H groups in total. The summed E-state index contributed by atoms with van der Waals surface area (Å²) in [7, 11) is 1.65. The van der Waals surface area contributed by atoms with Crippen molar-refractivity contribution in [1.82, 2.24) is 0 Å². The number of ketones is 1. The molecule has 4 unspecified atom stereocenters. The van der Waals surface area contributed by atoms with Gasteiger partial charge in [-0.05, 0) is 62.0 Å². The predicted octanol–water partition coefficient (Wildman–Crippen LogP) is 3.48. The fourth-order valence-corrected chi connectivity index (χ4v) is 4.87. The molecule has 0 spiro atoms. The summed E-state index contributed by atoms with van der Waals surface area (Å²) in [5, 5.41) is 0. The van der Waals surface area contributed by atoms with Crippen molar-refractivity contribution in [3.8, 4) is 5.75 Å². The lowest BCUT2D eigenvalue weighted by Gasteiger charge is -2.11. The first-order valence-electron chi connectivity index (χ1n) is 7.39. The average molecular weight is 256 g/mol. The first-order valence-corrected chi connectivity index (χ1v) is 7.39. The van der Waals surface area contributed by atoms with Crippen LogP contribution in [0.4, 0.5) is 0 Å². The molecule has 3 aliphatic carbocycles. The maximum atomic E-state index is 12.8. The number of hydrogen-bond acceptors (Lipinski definition) is 2. The highest BCUT2D eigenvalue weighted by atomic mass is 16.5. The molecule has 0 aliphatic heterocycles. The van der Waals surface area contributed by atoms with E-state index >= 15 is 0 Å². The van der Waals surface area contributed by atoms with Gasteiger partial charge in [-0.2, -0.15) is 0 Å². The van der Waals surface area contributed by atoms with Gasteiger partial charge in [-0.3, -0.25) is 4.79 Å². The summed E-state index contributed by atoms with van der Waals surface area (Å²) >= 11 is 0. The third kappa shape index (κ3) is 1.52. The molecule has 0 aromatic heterocycles. The molecular formula is C17H20O2. The number of methoxy groups -OCH3 is 1. The van der Waals surface area contributed by atoms with Gasteiger partial charge in [-0.25, -0.2) is 0 Å². The number of carbonyl (C=O) groups is 1. The van der Waals surface area contributed by atoms with Gasteiger partial charge < -0.3 is 4.74 Å². The van der Waals surface area contributed by atoms with Crippen LogP contribution in [0.25, 0.3) is 0 Å². The highest BCUT2D eigenvalue weighted by Gasteiger charge is 2.67. The van der Waals surface area contributed by atoms with Gasteiger partial charge in [-0.15, -0.1) is 0 Å². The van der Waals surface area contributed by atoms with E-state index < -0.39 is 0 Å². The van der Waals surface area contributed by atoms with E-state index in [9.17, 15) is 4.79 Å². The van der Waals surface area contributed by atoms with Crippen molar-refractivity contribution in [2.24, 2.45) is 29.6 Å². The van der Waals surface area contributed by atoms with Crippen molar-refractivity contribution in [2.75, 3.05) is 7.11 Å². The molecule has 2 bridgehead atoms. The fourth-order valence-electron chi connectivity index (χ4n) is 4.87. The molecule has 0 radical (unpaired) electrons. The van der Waals surface area contributed by atoms with Gasteiger partial charge in [0.15, 0.2) is 5.78 Å². The molecule has 0 saturated heterocycles. The van der Waals surface area contributed by atoms with Crippen LogP contribution in [0.15, 0.2) is 18.2 Å². The fraction of sp³-hybridized carbons (Fsp3) is 0.588. The maximum absolute atomic E-state index is 12.8. The molecule has 2 nitrogen and oxygen atoms in total. The highest BCUT2D eigenvalue weighted by molar-refractivity contribution is 6.02. The lowest BCUT2D eigenvalue weighted by molar-refractivity contribution is 0.0941. The minimum atomic E-state index is 0.307. The summed E-state index contributed by atoms with van der Waals surface area (Å²) in [5.74, 6) is 4.49. The number of benzene rings is 1. The van der Waals surface area contributed by atoms with Crippen LogP contribution in [-0.2, 0) is 0 Å². The molecule has 1 aromatic carbocycles. The van der Waals surface area contributed by atoms with Crippen molar-refractivity contribution < 1.29 is 9.53 Å². The summed E-state index contributed by atoms with van der Waals surface area (Å²) < 4.78 is 5.37. The van der Waals surface area contributed by atoms with Crippen molar-refractivity contribution in [2.45, 2.75) is 26.2 Å². The Hall–Kier alpha value is -1.31. The number of aryl methyl sites for hydroxylation is 1. The number of hydrogen-bond donors (Lipinski definition) is 0. The van der Waals surface area contributed by atoms with Crippen LogP contribution in [0.3, 0.4) is 0 Å². The van der Waals surface area contributed by atoms with Crippen molar-refractivity contribution in [3.05, 3.63) is 29.3 Å². The van der Waals surface area contributed by atoms with Gasteiger partial charge in [0.05, 0.1) is 12.7 Å². The monoisotopic (exact) mass is 256 g/mol. The molecule has 100 valence electrons. The van der Waals surface area contributed by atoms with Gasteiger partial charge >= 0.3 is 0 Å². The normalized spacial score (nSPS) is 38.1. The Morgan fingerprint density at radius 3 is 2.53 bits per heavy atom. The zero-order chi connectivity index (χ0) is 13.1. The van der Waals surface area contributed by atoms with E-state index in [2.05, 4.69) is 0 Å². The van der Waals surface area contributed by atoms with Crippen molar-refractivity contribution in [3.63, 3.8) is 0 Å². The molecule has 1 aromatic rings. The maximum Gasteiger partial charge on any atom is 0.170 e. The summed E-state index contributed by atoms with van der Waals surface area (Å²) in [6, 6.07) is 5.93. The smallest absolute Gasteiger partial charge is 0.170 e. The molecule has 3 fully saturated rings. The lowest BCUT2D eigenvalue weighted by Crippen LogP contribution is -2.11. The molecule has 3 saturated carbocycles. The number of rotatable bonds is 3. The summed E-state index contributed by atoms with van der Waals surface area (Å²) in [6.07, 6.45) is 4.12. The second kappa shape index (κ2) is 3.84. The molecule has 19 heavy (non-hydrogen) atoms. The largest absolute Gasteiger partial charge is 0.496 e. The summed E-state index contributed by atoms with van der Waals surface area (Å²) in [6.45, 7) is 2.04. The average Bonchev–Trinajstić information content (AvgIpc) is 2.85. The quantitative estimate of drug-likeness (QED) is 0.774. The van der Waals surface area contributed by atoms with E-state index in [-0.39, 0.29) is 0 Å². The Balaban J connectivity index is 1.64. The molecule has 0 heterocycles. The molecule has 4 rings (SSSR count). The van der Waals surface area contributed by atoms with E-state index in [1.165, 1.54) is 19.3 Å². The molecular weight excluding hydrogens is 236 g/mol. The molecule has 4 atom stereocenters. The van der Waals surface area contributed by atoms with Crippen LogP contribution in [0, 0.1) is 36.5 Å². The Bertz CT molecular complexity index is 532. The minimum Gasteiger partial charge on any atom is -0.496 e. The van der Waals surface area contributed by atoms with Gasteiger partial charge in [0, 0.05) is 5.92 Å². The van der Waals surface area contributed by atoms with Crippen LogP contribution in [0.2, 0.25) is 0 Å². The third-order valence-electron chi connectivity index (χ3n) is 5.66. The van der Waals surface area contributed by atoms with E-state index in [0.717, 1.165) is 28.7 Å². The Kier molecular flexibility index (Phi) is 2.33. The second-order valence-corrected chi connectivity index (χ2v) is 6.58. The van der Waals surface area contributed by atoms with E-state index in [1.807, 2.05) is 25.1 Å². The highest BCUT2D eigenvalue weighted by Crippen LogP contribution is 2.70. The van der Waals surface area contributed by atoms with E-state index in [4.69, 9.17) is 4.74 Å². The molecule has 3 aliphatic rings.